The molecule has 0 atom stereocenters. The molecule has 1 aromatic carbocycles. The molecule has 0 unspecified atom stereocenters. The summed E-state index contributed by atoms with van der Waals surface area (Å²) in [5.41, 5.74) is 3.53. The number of fused-ring (bicyclic) bond motifs is 1. The van der Waals surface area contributed by atoms with Gasteiger partial charge in [0.1, 0.15) is 0 Å². The molecule has 1 N–H and O–H groups in total. The van der Waals surface area contributed by atoms with Gasteiger partial charge in [-0.1, -0.05) is 23.4 Å². The Bertz CT molecular complexity index is 1000. The van der Waals surface area contributed by atoms with Crippen molar-refractivity contribution >= 4 is 5.65 Å². The molecular formula is C19H21N7O. The van der Waals surface area contributed by atoms with Crippen molar-refractivity contribution in [2.45, 2.75) is 6.54 Å². The van der Waals surface area contributed by atoms with Crippen molar-refractivity contribution in [2.24, 2.45) is 0 Å². The van der Waals surface area contributed by atoms with Crippen molar-refractivity contribution in [1.29, 1.82) is 0 Å². The van der Waals surface area contributed by atoms with Crippen molar-refractivity contribution in [1.82, 2.24) is 35.0 Å². The molecule has 27 heavy (non-hydrogen) atoms. The monoisotopic (exact) mass is 363 g/mol. The highest BCUT2D eigenvalue weighted by molar-refractivity contribution is 5.69. The maximum absolute atomic E-state index is 5.35. The second-order valence-electron chi connectivity index (χ2n) is 6.53. The molecule has 4 rings (SSSR count). The standard InChI is InChI=1S/C19H21N7O/c1-25(2)10-9-20-12-18-23-19(24-27-18)15-6-3-5-14(11-15)16-13-26-17(22-16)7-4-8-21-26/h3-8,11,13,20H,9-10,12H2,1-2H3. The third-order valence-corrected chi connectivity index (χ3v) is 4.13. The summed E-state index contributed by atoms with van der Waals surface area (Å²) in [5, 5.41) is 11.7. The minimum Gasteiger partial charge on any atom is -0.338 e. The number of hydrogen-bond donors (Lipinski definition) is 1. The average Bonchev–Trinajstić information content (AvgIpc) is 3.32. The van der Waals surface area contributed by atoms with E-state index in [0.29, 0.717) is 18.3 Å². The fourth-order valence-electron chi connectivity index (χ4n) is 2.73. The summed E-state index contributed by atoms with van der Waals surface area (Å²) in [5.74, 6) is 1.15. The van der Waals surface area contributed by atoms with Gasteiger partial charge in [-0.2, -0.15) is 10.1 Å². The van der Waals surface area contributed by atoms with E-state index < -0.39 is 0 Å². The molecule has 0 bridgehead atoms. The highest BCUT2D eigenvalue weighted by Crippen LogP contribution is 2.24. The first kappa shape index (κ1) is 17.3. The van der Waals surface area contributed by atoms with Crippen LogP contribution >= 0.6 is 0 Å². The van der Waals surface area contributed by atoms with Gasteiger partial charge in [-0.15, -0.1) is 0 Å². The quantitative estimate of drug-likeness (QED) is 0.503. The Kier molecular flexibility index (Phi) is 4.91. The molecule has 0 aliphatic rings. The van der Waals surface area contributed by atoms with Gasteiger partial charge < -0.3 is 14.7 Å². The lowest BCUT2D eigenvalue weighted by atomic mass is 10.1. The smallest absolute Gasteiger partial charge is 0.240 e. The van der Waals surface area contributed by atoms with Gasteiger partial charge in [0.2, 0.25) is 11.7 Å². The van der Waals surface area contributed by atoms with Crippen LogP contribution in [0.15, 0.2) is 53.3 Å². The van der Waals surface area contributed by atoms with Crippen LogP contribution in [0.2, 0.25) is 0 Å². The van der Waals surface area contributed by atoms with E-state index in [1.165, 1.54) is 0 Å². The lowest BCUT2D eigenvalue weighted by Gasteiger charge is -2.08. The van der Waals surface area contributed by atoms with Crippen LogP contribution in [0.25, 0.3) is 28.3 Å². The van der Waals surface area contributed by atoms with Crippen molar-refractivity contribution in [3.05, 3.63) is 54.7 Å². The zero-order valence-electron chi connectivity index (χ0n) is 15.3. The molecular weight excluding hydrogens is 342 g/mol. The number of nitrogens with zero attached hydrogens (tertiary/aromatic N) is 6. The topological polar surface area (TPSA) is 84.4 Å². The van der Waals surface area contributed by atoms with E-state index in [1.54, 1.807) is 10.7 Å². The highest BCUT2D eigenvalue weighted by atomic mass is 16.5. The van der Waals surface area contributed by atoms with Gasteiger partial charge in [-0.05, 0) is 32.3 Å². The summed E-state index contributed by atoms with van der Waals surface area (Å²) >= 11 is 0. The fourth-order valence-corrected chi connectivity index (χ4v) is 2.73. The van der Waals surface area contributed by atoms with Crippen LogP contribution in [0.4, 0.5) is 0 Å². The first-order valence-electron chi connectivity index (χ1n) is 8.78. The Morgan fingerprint density at radius 2 is 2.00 bits per heavy atom. The van der Waals surface area contributed by atoms with Crippen LogP contribution in [0.1, 0.15) is 5.89 Å². The van der Waals surface area contributed by atoms with E-state index in [0.717, 1.165) is 35.6 Å². The number of rotatable bonds is 7. The van der Waals surface area contributed by atoms with Gasteiger partial charge in [-0.25, -0.2) is 9.50 Å². The van der Waals surface area contributed by atoms with Crippen LogP contribution in [0.5, 0.6) is 0 Å². The predicted octanol–water partition coefficient (Wildman–Crippen LogP) is 2.10. The van der Waals surface area contributed by atoms with Crippen molar-refractivity contribution < 1.29 is 4.52 Å². The lowest BCUT2D eigenvalue weighted by molar-refractivity contribution is 0.355. The third kappa shape index (κ3) is 4.02. The van der Waals surface area contributed by atoms with E-state index in [-0.39, 0.29) is 0 Å². The second kappa shape index (κ2) is 7.65. The number of nitrogens with one attached hydrogen (secondary N) is 1. The number of hydrogen-bond acceptors (Lipinski definition) is 7. The highest BCUT2D eigenvalue weighted by Gasteiger charge is 2.11. The predicted molar refractivity (Wildman–Crippen MR) is 102 cm³/mol. The Balaban J connectivity index is 1.51. The molecule has 0 radical (unpaired) electrons. The summed E-state index contributed by atoms with van der Waals surface area (Å²) in [6.45, 7) is 2.37. The van der Waals surface area contributed by atoms with Gasteiger partial charge in [0, 0.05) is 30.4 Å². The summed E-state index contributed by atoms with van der Waals surface area (Å²) in [4.78, 5) is 11.2. The Morgan fingerprint density at radius 1 is 1.11 bits per heavy atom. The molecule has 3 aromatic heterocycles. The molecule has 0 saturated carbocycles. The van der Waals surface area contributed by atoms with Gasteiger partial charge >= 0.3 is 0 Å². The zero-order valence-corrected chi connectivity index (χ0v) is 15.3. The number of benzene rings is 1. The maximum atomic E-state index is 5.35. The van der Waals surface area contributed by atoms with Crippen LogP contribution in [-0.2, 0) is 6.54 Å². The number of aromatic nitrogens is 5. The normalized spacial score (nSPS) is 11.5. The maximum Gasteiger partial charge on any atom is 0.240 e. The molecule has 0 amide bonds. The third-order valence-electron chi connectivity index (χ3n) is 4.13. The van der Waals surface area contributed by atoms with E-state index >= 15 is 0 Å². The average molecular weight is 363 g/mol. The van der Waals surface area contributed by atoms with Gasteiger partial charge in [0.25, 0.3) is 0 Å². The van der Waals surface area contributed by atoms with Crippen molar-refractivity contribution in [3.63, 3.8) is 0 Å². The number of imidazole rings is 1. The SMILES string of the molecule is CN(C)CCNCc1nc(-c2cccc(-c3cn4ncccc4n3)c2)no1. The summed E-state index contributed by atoms with van der Waals surface area (Å²) < 4.78 is 7.11. The van der Waals surface area contributed by atoms with E-state index in [1.807, 2.05) is 56.7 Å². The van der Waals surface area contributed by atoms with Crippen LogP contribution < -0.4 is 5.32 Å². The molecule has 8 nitrogen and oxygen atoms in total. The van der Waals surface area contributed by atoms with E-state index in [9.17, 15) is 0 Å². The first-order chi connectivity index (χ1) is 13.2. The molecule has 138 valence electrons. The Hall–Kier alpha value is -3.10. The van der Waals surface area contributed by atoms with Gasteiger partial charge in [0.15, 0.2) is 5.65 Å². The molecule has 4 aromatic rings. The summed E-state index contributed by atoms with van der Waals surface area (Å²) in [6.07, 6.45) is 3.65. The zero-order chi connectivity index (χ0) is 18.6. The lowest BCUT2D eigenvalue weighted by Crippen LogP contribution is -2.26. The molecule has 8 heteroatoms. The van der Waals surface area contributed by atoms with Crippen molar-refractivity contribution in [3.8, 4) is 22.6 Å². The second-order valence-corrected chi connectivity index (χ2v) is 6.53. The summed E-state index contributed by atoms with van der Waals surface area (Å²) in [6, 6.07) is 11.7. The molecule has 0 aliphatic heterocycles. The number of likely N-dealkylation sites (N-methyl/N-ethyl adjacent to an activating group) is 1. The summed E-state index contributed by atoms with van der Waals surface area (Å²) in [7, 11) is 4.08. The molecule has 0 aliphatic carbocycles. The van der Waals surface area contributed by atoms with E-state index in [2.05, 4.69) is 30.4 Å². The van der Waals surface area contributed by atoms with Gasteiger partial charge in [0.05, 0.1) is 18.4 Å². The first-order valence-corrected chi connectivity index (χ1v) is 8.78. The molecule has 0 saturated heterocycles. The molecule has 0 spiro atoms. The fraction of sp³-hybridized carbons (Fsp3) is 0.263. The van der Waals surface area contributed by atoms with Gasteiger partial charge in [-0.3, -0.25) is 0 Å². The Morgan fingerprint density at radius 3 is 2.85 bits per heavy atom. The Labute approximate surface area is 156 Å². The minimum absolute atomic E-state index is 0.554. The van der Waals surface area contributed by atoms with Crippen molar-refractivity contribution in [2.75, 3.05) is 27.2 Å². The minimum atomic E-state index is 0.554. The van der Waals surface area contributed by atoms with Crippen LogP contribution in [-0.4, -0.2) is 56.8 Å². The van der Waals surface area contributed by atoms with E-state index in [4.69, 9.17) is 4.52 Å². The largest absolute Gasteiger partial charge is 0.338 e. The van der Waals surface area contributed by atoms with Crippen LogP contribution in [0, 0.1) is 0 Å². The van der Waals surface area contributed by atoms with Crippen LogP contribution in [0.3, 0.4) is 0 Å². The molecule has 3 heterocycles. The molecule has 0 fully saturated rings.